The number of nitrogens with one attached hydrogen (secondary N) is 1. The van der Waals surface area contributed by atoms with Crippen LogP contribution >= 0.6 is 23.2 Å². The zero-order valence-corrected chi connectivity index (χ0v) is 23.5. The van der Waals surface area contributed by atoms with Gasteiger partial charge >= 0.3 is 16.3 Å². The maximum absolute atomic E-state index is 13.3. The fourth-order valence-corrected chi connectivity index (χ4v) is 5.94. The number of aromatic nitrogens is 2. The van der Waals surface area contributed by atoms with Crippen LogP contribution in [0.1, 0.15) is 48.3 Å². The number of aliphatic hydroxyl groups is 1. The minimum absolute atomic E-state index is 0.0915. The highest BCUT2D eigenvalue weighted by Gasteiger charge is 2.31. The largest absolute Gasteiger partial charge is 0.391 e. The molecule has 1 fully saturated rings. The van der Waals surface area contributed by atoms with Crippen LogP contribution in [0, 0.1) is 6.92 Å². The number of carbonyl (C=O) groups is 1. The van der Waals surface area contributed by atoms with Crippen molar-refractivity contribution in [1.29, 1.82) is 0 Å². The number of hydrogen-bond donors (Lipinski definition) is 2. The van der Waals surface area contributed by atoms with Gasteiger partial charge in [-0.05, 0) is 62.2 Å². The number of carbonyl (C=O) groups excluding carboxylic acids is 1. The molecule has 0 radical (unpaired) electrons. The zero-order valence-electron chi connectivity index (χ0n) is 21.2. The van der Waals surface area contributed by atoms with Crippen molar-refractivity contribution in [2.45, 2.75) is 57.3 Å². The molecule has 1 aromatic heterocycles. The molecule has 2 N–H and O–H groups in total. The molecule has 1 unspecified atom stereocenters. The van der Waals surface area contributed by atoms with E-state index >= 15 is 0 Å². The number of aliphatic hydroxyl groups excluding tert-OH is 1. The van der Waals surface area contributed by atoms with Gasteiger partial charge in [0.15, 0.2) is 0 Å². The summed E-state index contributed by atoms with van der Waals surface area (Å²) < 4.78 is 67.8. The molecular weight excluding hydrogens is 594 g/mol. The van der Waals surface area contributed by atoms with Gasteiger partial charge in [-0.2, -0.15) is 21.6 Å². The van der Waals surface area contributed by atoms with Gasteiger partial charge in [0.2, 0.25) is 0 Å². The van der Waals surface area contributed by atoms with Crippen LogP contribution in [0.3, 0.4) is 0 Å². The average molecular weight is 620 g/mol. The van der Waals surface area contributed by atoms with E-state index in [0.717, 1.165) is 12.8 Å². The zero-order chi connectivity index (χ0) is 29.2. The summed E-state index contributed by atoms with van der Waals surface area (Å²) in [5.74, 6) is -1.59. The van der Waals surface area contributed by atoms with Crippen LogP contribution in [0.25, 0.3) is 17.1 Å². The summed E-state index contributed by atoms with van der Waals surface area (Å²) in [6.07, 6.45) is -3.86. The summed E-state index contributed by atoms with van der Waals surface area (Å²) in [6, 6.07) is 9.87. The van der Waals surface area contributed by atoms with Gasteiger partial charge in [-0.1, -0.05) is 36.0 Å². The second kappa shape index (κ2) is 12.0. The van der Waals surface area contributed by atoms with Crippen molar-refractivity contribution >= 4 is 39.2 Å². The Morgan fingerprint density at radius 3 is 2.45 bits per heavy atom. The van der Waals surface area contributed by atoms with Crippen LogP contribution < -0.4 is 9.50 Å². The van der Waals surface area contributed by atoms with Crippen molar-refractivity contribution in [2.75, 3.05) is 5.75 Å². The van der Waals surface area contributed by atoms with Gasteiger partial charge in [0.25, 0.3) is 5.91 Å². The quantitative estimate of drug-likeness (QED) is 0.306. The summed E-state index contributed by atoms with van der Waals surface area (Å²) in [5.41, 5.74) is 1.42. The number of amides is 1. The van der Waals surface area contributed by atoms with Crippen molar-refractivity contribution < 1.29 is 35.7 Å². The molecule has 0 aliphatic heterocycles. The van der Waals surface area contributed by atoms with Crippen LogP contribution in [-0.2, 0) is 10.1 Å². The molecule has 2 aromatic carbocycles. The lowest BCUT2D eigenvalue weighted by molar-refractivity contribution is -0.130. The van der Waals surface area contributed by atoms with E-state index < -0.39 is 46.5 Å². The Labute approximate surface area is 239 Å². The number of alkyl halides is 3. The Kier molecular flexibility index (Phi) is 9.03. The summed E-state index contributed by atoms with van der Waals surface area (Å²) in [5, 5.41) is 13.8. The van der Waals surface area contributed by atoms with E-state index in [-0.39, 0.29) is 16.5 Å². The van der Waals surface area contributed by atoms with Gasteiger partial charge < -0.3 is 14.6 Å². The van der Waals surface area contributed by atoms with Crippen molar-refractivity contribution in [3.63, 3.8) is 0 Å². The number of halogens is 5. The summed E-state index contributed by atoms with van der Waals surface area (Å²) in [6.45, 7) is 1.67. The summed E-state index contributed by atoms with van der Waals surface area (Å²) in [7, 11) is -4.48. The minimum Gasteiger partial charge on any atom is -0.391 e. The Bertz CT molecular complexity index is 1490. The molecule has 3 aromatic rings. The van der Waals surface area contributed by atoms with Gasteiger partial charge in [-0.3, -0.25) is 9.36 Å². The molecule has 1 saturated carbocycles. The summed E-state index contributed by atoms with van der Waals surface area (Å²) >= 11 is 12.5. The Hall–Kier alpha value is -2.80. The van der Waals surface area contributed by atoms with E-state index in [1.165, 1.54) is 30.3 Å². The van der Waals surface area contributed by atoms with E-state index in [1.54, 1.807) is 23.6 Å². The first-order chi connectivity index (χ1) is 18.7. The van der Waals surface area contributed by atoms with Crippen LogP contribution in [0.5, 0.6) is 5.75 Å². The smallest absolute Gasteiger partial charge is 0.390 e. The van der Waals surface area contributed by atoms with E-state index in [1.807, 2.05) is 0 Å². The van der Waals surface area contributed by atoms with Crippen LogP contribution in [0.15, 0.2) is 42.5 Å². The number of imidazole rings is 1. The van der Waals surface area contributed by atoms with Gasteiger partial charge in [0.05, 0.1) is 35.0 Å². The standard InChI is InChI=1S/C26H26Cl2F3N3O5S/c1-15-23(25(36)32-21-4-2-3-5-22(21)35)33-24(19-11-6-16(27)14-20(19)28)34(15)17-7-9-18(10-8-17)39-40(37,38)13-12-26(29,30)31/h6-11,14,21-22,35H,2-5,12-13H2,1H3,(H,32,36)/t21?,22-/m1/s1. The van der Waals surface area contributed by atoms with Crippen molar-refractivity contribution in [2.24, 2.45) is 0 Å². The first kappa shape index (κ1) is 30.2. The Morgan fingerprint density at radius 1 is 1.15 bits per heavy atom. The fourth-order valence-electron chi connectivity index (χ4n) is 4.48. The number of nitrogens with zero attached hydrogens (tertiary/aromatic N) is 2. The van der Waals surface area contributed by atoms with Gasteiger partial charge in [0, 0.05) is 16.3 Å². The molecule has 1 aliphatic carbocycles. The predicted octanol–water partition coefficient (Wildman–Crippen LogP) is 5.85. The van der Waals surface area contributed by atoms with E-state index in [2.05, 4.69) is 10.3 Å². The maximum atomic E-state index is 13.3. The third kappa shape index (κ3) is 7.28. The first-order valence-electron chi connectivity index (χ1n) is 12.4. The minimum atomic E-state index is -4.64. The number of hydrogen-bond acceptors (Lipinski definition) is 6. The van der Waals surface area contributed by atoms with Gasteiger partial charge in [-0.15, -0.1) is 0 Å². The maximum Gasteiger partial charge on any atom is 0.390 e. The lowest BCUT2D eigenvalue weighted by Gasteiger charge is -2.28. The molecular formula is C26H26Cl2F3N3O5S. The van der Waals surface area contributed by atoms with Crippen LogP contribution in [0.2, 0.25) is 10.0 Å². The molecule has 0 bridgehead atoms. The molecule has 1 amide bonds. The van der Waals surface area contributed by atoms with Crippen molar-refractivity contribution in [3.05, 3.63) is 63.9 Å². The van der Waals surface area contributed by atoms with Gasteiger partial charge in [0.1, 0.15) is 17.3 Å². The molecule has 1 heterocycles. The molecule has 2 atom stereocenters. The molecule has 40 heavy (non-hydrogen) atoms. The number of benzene rings is 2. The van der Waals surface area contributed by atoms with Crippen LogP contribution in [0.4, 0.5) is 13.2 Å². The molecule has 0 saturated heterocycles. The average Bonchev–Trinajstić information content (AvgIpc) is 3.21. The normalized spacial score (nSPS) is 18.0. The highest BCUT2D eigenvalue weighted by atomic mass is 35.5. The Morgan fingerprint density at radius 2 is 1.82 bits per heavy atom. The molecule has 14 heteroatoms. The second-order valence-electron chi connectivity index (χ2n) is 9.46. The fraction of sp³-hybridized carbons (Fsp3) is 0.385. The molecule has 8 nitrogen and oxygen atoms in total. The monoisotopic (exact) mass is 619 g/mol. The van der Waals surface area contributed by atoms with Crippen molar-refractivity contribution in [1.82, 2.24) is 14.9 Å². The summed E-state index contributed by atoms with van der Waals surface area (Å²) in [4.78, 5) is 17.8. The SMILES string of the molecule is Cc1c(C(=O)NC2CCCC[C@H]2O)nc(-c2ccc(Cl)cc2Cl)n1-c1ccc(OS(=O)(=O)CCC(F)(F)F)cc1. The van der Waals surface area contributed by atoms with Gasteiger partial charge in [-0.25, -0.2) is 4.98 Å². The molecule has 1 aliphatic rings. The lowest BCUT2D eigenvalue weighted by Crippen LogP contribution is -2.45. The highest BCUT2D eigenvalue weighted by Crippen LogP contribution is 2.34. The Balaban J connectivity index is 1.69. The third-order valence-electron chi connectivity index (χ3n) is 6.49. The third-order valence-corrected chi connectivity index (χ3v) is 8.19. The predicted molar refractivity (Wildman–Crippen MR) is 145 cm³/mol. The van der Waals surface area contributed by atoms with Crippen LogP contribution in [-0.4, -0.2) is 53.1 Å². The highest BCUT2D eigenvalue weighted by molar-refractivity contribution is 7.87. The molecule has 4 rings (SSSR count). The van der Waals surface area contributed by atoms with E-state index in [0.29, 0.717) is 40.6 Å². The second-order valence-corrected chi connectivity index (χ2v) is 12.0. The molecule has 0 spiro atoms. The van der Waals surface area contributed by atoms with E-state index in [4.69, 9.17) is 27.4 Å². The number of rotatable bonds is 8. The molecule has 216 valence electrons. The first-order valence-corrected chi connectivity index (χ1v) is 14.7. The lowest BCUT2D eigenvalue weighted by atomic mass is 9.92. The van der Waals surface area contributed by atoms with Crippen molar-refractivity contribution in [3.8, 4) is 22.8 Å². The topological polar surface area (TPSA) is 111 Å². The van der Waals surface area contributed by atoms with E-state index in [9.17, 15) is 31.5 Å².